The van der Waals surface area contributed by atoms with Crippen LogP contribution in [0.5, 0.6) is 0 Å². The number of phosphoric ester groups is 2. The Morgan fingerprint density at radius 3 is 0.782 bits per heavy atom. The zero-order valence-electron chi connectivity index (χ0n) is 68.6. The molecule has 19 heteroatoms. The summed E-state index contributed by atoms with van der Waals surface area (Å²) in [6.45, 7) is 4.57. The van der Waals surface area contributed by atoms with E-state index >= 15 is 0 Å². The number of carbonyl (C=O) groups excluding carboxylic acids is 4. The van der Waals surface area contributed by atoms with Crippen LogP contribution in [0.15, 0.2) is 170 Å². The molecule has 0 bridgehead atoms. The van der Waals surface area contributed by atoms with Crippen LogP contribution in [-0.2, 0) is 65.4 Å². The smallest absolute Gasteiger partial charge is 0.462 e. The predicted molar refractivity (Wildman–Crippen MR) is 454 cm³/mol. The van der Waals surface area contributed by atoms with E-state index in [1.807, 2.05) is 48.6 Å². The predicted octanol–water partition coefficient (Wildman–Crippen LogP) is 25.3. The van der Waals surface area contributed by atoms with Crippen LogP contribution in [0.25, 0.3) is 0 Å². The number of aliphatic hydroxyl groups is 1. The summed E-state index contributed by atoms with van der Waals surface area (Å²) in [5.41, 5.74) is 0. The highest BCUT2D eigenvalue weighted by molar-refractivity contribution is 7.47. The van der Waals surface area contributed by atoms with E-state index < -0.39 is 97.5 Å². The SMILES string of the molecule is CCCCC/C=C\C/C=C\C/C=C\C/C=C\C/C=C\CCC(=O)OC[C@H](COP(=O)(O)OC[C@@H](O)COP(=O)(O)OC[C@@H](COC(=O)CCCCCCCCCCCCCCCCC)OC(=O)CC/C=C\C/C=C\C/C=C\C/C=C\C/C=C\CCCCC)OC(=O)CCC/C=C\C/C=C\C/C=C\C/C=C\CCCCC. The lowest BCUT2D eigenvalue weighted by Crippen LogP contribution is -2.30. The van der Waals surface area contributed by atoms with Gasteiger partial charge in [-0.15, -0.1) is 0 Å². The highest BCUT2D eigenvalue weighted by atomic mass is 31.2. The first-order valence-corrected chi connectivity index (χ1v) is 45.4. The molecule has 0 amide bonds. The van der Waals surface area contributed by atoms with Crippen molar-refractivity contribution in [2.24, 2.45) is 0 Å². The number of allylic oxidation sites excluding steroid dienone is 28. The lowest BCUT2D eigenvalue weighted by molar-refractivity contribution is -0.161. The molecule has 0 aliphatic heterocycles. The summed E-state index contributed by atoms with van der Waals surface area (Å²) in [4.78, 5) is 73.1. The number of unbranched alkanes of at least 4 members (excludes halogenated alkanes) is 24. The van der Waals surface area contributed by atoms with Crippen LogP contribution in [0.3, 0.4) is 0 Å². The van der Waals surface area contributed by atoms with E-state index in [9.17, 15) is 43.2 Å². The van der Waals surface area contributed by atoms with Gasteiger partial charge in [0.25, 0.3) is 0 Å². The minimum atomic E-state index is -5.02. The van der Waals surface area contributed by atoms with E-state index in [1.165, 1.54) is 122 Å². The monoisotopic (exact) mass is 1580 g/mol. The van der Waals surface area contributed by atoms with Crippen LogP contribution in [0.4, 0.5) is 0 Å². The molecule has 0 radical (unpaired) electrons. The third-order valence-electron chi connectivity index (χ3n) is 17.2. The molecule has 0 rings (SSSR count). The standard InChI is InChI=1S/C91H150O17P2/c1-5-9-13-17-21-25-29-33-37-40-42-45-48-52-56-60-64-68-72-76-89(94)102-82-87(107-90(95)77-73-69-65-61-57-53-49-44-39-35-31-27-23-19-15-11-7-3)84-106-110(99,100)104-80-85(92)79-103-109(97,98)105-83-86(81-101-88(93)75-71-67-63-59-55-51-47-36-32-28-24-20-16-12-8-4)108-91(96)78-74-70-66-62-58-54-50-46-43-41-38-34-30-26-22-18-14-10-6-2/h21-23,25-27,33-35,37-39,42-43,45-46,49,52-54,56,58,61,64-66,68,70,85-87,92H,5-20,24,28-32,36,40-41,44,47-48,50-51,55,57,59-60,62-63,67,69,71-84H2,1-4H3,(H,97,98)(H,99,100)/b25-21-,26-22-,27-23-,37-33-,38-34-,39-35-,45-42-,46-43-,53-49-,56-52-,58-54-,65-61-,68-64-,70-66-/t85-,86+,87+/m0/s1. The summed E-state index contributed by atoms with van der Waals surface area (Å²) in [6, 6.07) is 0. The van der Waals surface area contributed by atoms with Gasteiger partial charge in [-0.3, -0.25) is 37.3 Å². The fourth-order valence-electron chi connectivity index (χ4n) is 10.7. The Bertz CT molecular complexity index is 2750. The van der Waals surface area contributed by atoms with Crippen LogP contribution >= 0.6 is 15.6 Å². The molecule has 110 heavy (non-hydrogen) atoms. The second kappa shape index (κ2) is 81.4. The Hall–Kier alpha value is -5.58. The summed E-state index contributed by atoms with van der Waals surface area (Å²) in [7, 11) is -10.0. The van der Waals surface area contributed by atoms with Gasteiger partial charge in [0.1, 0.15) is 19.3 Å². The highest BCUT2D eigenvalue weighted by Crippen LogP contribution is 2.45. The minimum Gasteiger partial charge on any atom is -0.462 e. The number of esters is 4. The maximum absolute atomic E-state index is 13.1. The molecule has 0 spiro atoms. The molecule has 0 saturated carbocycles. The van der Waals surface area contributed by atoms with Crippen molar-refractivity contribution < 1.29 is 80.2 Å². The molecule has 0 aromatic carbocycles. The van der Waals surface area contributed by atoms with E-state index in [1.54, 1.807) is 0 Å². The van der Waals surface area contributed by atoms with E-state index in [2.05, 4.69) is 149 Å². The van der Waals surface area contributed by atoms with Gasteiger partial charge in [0.15, 0.2) is 12.2 Å². The Morgan fingerprint density at radius 1 is 0.255 bits per heavy atom. The minimum absolute atomic E-state index is 0.00400. The first-order chi connectivity index (χ1) is 53.7. The fraction of sp³-hybridized carbons (Fsp3) is 0.648. The van der Waals surface area contributed by atoms with E-state index in [-0.39, 0.29) is 25.7 Å². The molecule has 626 valence electrons. The average Bonchev–Trinajstić information content (AvgIpc) is 0.906. The normalized spacial score (nSPS) is 14.6. The Kier molecular flexibility index (Phi) is 77.3. The van der Waals surface area contributed by atoms with Crippen molar-refractivity contribution >= 4 is 39.5 Å². The molecule has 5 atom stereocenters. The number of hydrogen-bond acceptors (Lipinski definition) is 15. The molecule has 17 nitrogen and oxygen atoms in total. The van der Waals surface area contributed by atoms with Gasteiger partial charge in [-0.2, -0.15) is 0 Å². The number of phosphoric acid groups is 2. The van der Waals surface area contributed by atoms with Crippen molar-refractivity contribution in [2.75, 3.05) is 39.6 Å². The summed E-state index contributed by atoms with van der Waals surface area (Å²) in [5.74, 6) is -2.44. The zero-order chi connectivity index (χ0) is 80.3. The van der Waals surface area contributed by atoms with E-state index in [4.69, 9.17) is 37.0 Å². The summed E-state index contributed by atoms with van der Waals surface area (Å²) in [5, 5.41) is 10.7. The summed E-state index contributed by atoms with van der Waals surface area (Å²) >= 11 is 0. The zero-order valence-corrected chi connectivity index (χ0v) is 70.4. The molecule has 0 aliphatic carbocycles. The molecular formula is C91H150O17P2. The van der Waals surface area contributed by atoms with Gasteiger partial charge in [0.05, 0.1) is 26.4 Å². The lowest BCUT2D eigenvalue weighted by atomic mass is 10.0. The van der Waals surface area contributed by atoms with Crippen LogP contribution in [-0.4, -0.2) is 96.7 Å². The molecular weight excluding hydrogens is 1430 g/mol. The third kappa shape index (κ3) is 80.5. The largest absolute Gasteiger partial charge is 0.472 e. The van der Waals surface area contributed by atoms with E-state index in [0.717, 1.165) is 103 Å². The number of aliphatic hydroxyl groups excluding tert-OH is 1. The van der Waals surface area contributed by atoms with Gasteiger partial charge in [0.2, 0.25) is 0 Å². The van der Waals surface area contributed by atoms with Crippen molar-refractivity contribution in [1.82, 2.24) is 0 Å². The molecule has 0 aromatic rings. The maximum Gasteiger partial charge on any atom is 0.472 e. The van der Waals surface area contributed by atoms with Gasteiger partial charge >= 0.3 is 39.5 Å². The van der Waals surface area contributed by atoms with Crippen molar-refractivity contribution in [1.29, 1.82) is 0 Å². The quantitative estimate of drug-likeness (QED) is 0.0169. The van der Waals surface area contributed by atoms with Crippen molar-refractivity contribution in [3.63, 3.8) is 0 Å². The summed E-state index contributed by atoms with van der Waals surface area (Å²) < 4.78 is 68.5. The first-order valence-electron chi connectivity index (χ1n) is 42.4. The highest BCUT2D eigenvalue weighted by Gasteiger charge is 2.30. The van der Waals surface area contributed by atoms with Gasteiger partial charge in [-0.05, 0) is 141 Å². The Labute approximate surface area is 667 Å². The van der Waals surface area contributed by atoms with Crippen LogP contribution < -0.4 is 0 Å². The van der Waals surface area contributed by atoms with Crippen molar-refractivity contribution in [2.45, 2.75) is 341 Å². The molecule has 3 N–H and O–H groups in total. The van der Waals surface area contributed by atoms with Crippen molar-refractivity contribution in [3.8, 4) is 0 Å². The fourth-order valence-corrected chi connectivity index (χ4v) is 12.3. The number of ether oxygens (including phenoxy) is 4. The van der Waals surface area contributed by atoms with Gasteiger partial charge in [-0.25, -0.2) is 9.13 Å². The molecule has 0 aliphatic rings. The van der Waals surface area contributed by atoms with Crippen LogP contribution in [0, 0.1) is 0 Å². The molecule has 0 heterocycles. The number of hydrogen-bond donors (Lipinski definition) is 3. The van der Waals surface area contributed by atoms with Gasteiger partial charge in [-0.1, -0.05) is 326 Å². The van der Waals surface area contributed by atoms with Gasteiger partial charge < -0.3 is 33.8 Å². The second-order valence-electron chi connectivity index (χ2n) is 27.7. The number of rotatable bonds is 78. The summed E-state index contributed by atoms with van der Waals surface area (Å²) in [6.07, 6.45) is 97.9. The third-order valence-corrected chi connectivity index (χ3v) is 19.1. The Morgan fingerprint density at radius 2 is 0.473 bits per heavy atom. The second-order valence-corrected chi connectivity index (χ2v) is 30.6. The molecule has 0 aromatic heterocycles. The van der Waals surface area contributed by atoms with E-state index in [0.29, 0.717) is 44.9 Å². The van der Waals surface area contributed by atoms with Gasteiger partial charge in [0, 0.05) is 25.7 Å². The Balaban J connectivity index is 5.56. The average molecular weight is 1580 g/mol. The van der Waals surface area contributed by atoms with Crippen molar-refractivity contribution in [3.05, 3.63) is 170 Å². The maximum atomic E-state index is 13.1. The number of carbonyl (C=O) groups is 4. The lowest BCUT2D eigenvalue weighted by Gasteiger charge is -2.21. The topological polar surface area (TPSA) is 237 Å². The molecule has 0 saturated heterocycles. The molecule has 2 unspecified atom stereocenters. The van der Waals surface area contributed by atoms with Crippen LogP contribution in [0.2, 0.25) is 0 Å². The molecule has 0 fully saturated rings. The first kappa shape index (κ1) is 104. The van der Waals surface area contributed by atoms with Crippen LogP contribution in [0.1, 0.15) is 323 Å².